The maximum Gasteiger partial charge on any atom is 0.246 e. The Balaban J connectivity index is 2.06. The van der Waals surface area contributed by atoms with E-state index in [4.69, 9.17) is 21.1 Å². The molecule has 8 heteroatoms. The molecule has 1 heterocycles. The molecular formula is C18H19ClFNO4S. The van der Waals surface area contributed by atoms with E-state index in [1.807, 2.05) is 0 Å². The van der Waals surface area contributed by atoms with Crippen LogP contribution in [0.25, 0.3) is 0 Å². The molecule has 140 valence electrons. The summed E-state index contributed by atoms with van der Waals surface area (Å²) in [5, 5.41) is 0.147. The van der Waals surface area contributed by atoms with E-state index in [1.54, 1.807) is 18.2 Å². The fourth-order valence-corrected chi connectivity index (χ4v) is 5.13. The van der Waals surface area contributed by atoms with E-state index in [1.165, 1.54) is 30.7 Å². The van der Waals surface area contributed by atoms with Crippen LogP contribution in [0, 0.1) is 5.82 Å². The van der Waals surface area contributed by atoms with Gasteiger partial charge in [-0.2, -0.15) is 4.31 Å². The summed E-state index contributed by atoms with van der Waals surface area (Å²) in [5.41, 5.74) is 0.697. The van der Waals surface area contributed by atoms with Gasteiger partial charge in [0.15, 0.2) is 0 Å². The molecule has 1 unspecified atom stereocenters. The Hall–Kier alpha value is -1.83. The molecule has 1 atom stereocenters. The standard InChI is InChI=1S/C18H19ClFNO4S/c1-24-13-6-7-17(25-2)14(11-13)16-4-3-9-21(16)26(22,23)18-8-5-12(19)10-15(18)20/h5-8,10-11,16H,3-4,9H2,1-2H3. The topological polar surface area (TPSA) is 55.8 Å². The number of hydrogen-bond donors (Lipinski definition) is 0. The second kappa shape index (κ2) is 7.42. The third-order valence-corrected chi connectivity index (χ3v) is 6.66. The Morgan fingerprint density at radius 2 is 1.92 bits per heavy atom. The van der Waals surface area contributed by atoms with Gasteiger partial charge in [0, 0.05) is 17.1 Å². The molecule has 0 saturated carbocycles. The molecule has 0 aromatic heterocycles. The maximum absolute atomic E-state index is 14.3. The molecule has 1 fully saturated rings. The molecule has 1 aliphatic heterocycles. The first kappa shape index (κ1) is 18.9. The van der Waals surface area contributed by atoms with Crippen LogP contribution in [-0.2, 0) is 10.0 Å². The summed E-state index contributed by atoms with van der Waals surface area (Å²) < 4.78 is 52.4. The SMILES string of the molecule is COc1ccc(OC)c(C2CCCN2S(=O)(=O)c2ccc(Cl)cc2F)c1. The van der Waals surface area contributed by atoms with Crippen LogP contribution in [0.1, 0.15) is 24.4 Å². The number of benzene rings is 2. The Morgan fingerprint density at radius 1 is 1.15 bits per heavy atom. The molecule has 0 bridgehead atoms. The van der Waals surface area contributed by atoms with Crippen LogP contribution < -0.4 is 9.47 Å². The third-order valence-electron chi connectivity index (χ3n) is 4.48. The Morgan fingerprint density at radius 3 is 2.58 bits per heavy atom. The van der Waals surface area contributed by atoms with E-state index < -0.39 is 21.9 Å². The predicted octanol–water partition coefficient (Wildman–Crippen LogP) is 4.02. The minimum atomic E-state index is -4.02. The van der Waals surface area contributed by atoms with E-state index in [9.17, 15) is 12.8 Å². The van der Waals surface area contributed by atoms with Gasteiger partial charge in [-0.1, -0.05) is 11.6 Å². The monoisotopic (exact) mass is 399 g/mol. The van der Waals surface area contributed by atoms with Gasteiger partial charge < -0.3 is 9.47 Å². The number of halogens is 2. The molecule has 0 N–H and O–H groups in total. The van der Waals surface area contributed by atoms with Crippen LogP contribution in [0.4, 0.5) is 4.39 Å². The minimum absolute atomic E-state index is 0.147. The third kappa shape index (κ3) is 3.39. The highest BCUT2D eigenvalue weighted by Crippen LogP contribution is 2.42. The highest BCUT2D eigenvalue weighted by atomic mass is 35.5. The fraction of sp³-hybridized carbons (Fsp3) is 0.333. The summed E-state index contributed by atoms with van der Waals surface area (Å²) in [5.74, 6) is 0.304. The smallest absolute Gasteiger partial charge is 0.246 e. The zero-order valence-corrected chi connectivity index (χ0v) is 16.0. The van der Waals surface area contributed by atoms with Crippen molar-refractivity contribution >= 4 is 21.6 Å². The Kier molecular flexibility index (Phi) is 5.41. The van der Waals surface area contributed by atoms with Crippen LogP contribution in [0.3, 0.4) is 0 Å². The Bertz CT molecular complexity index is 919. The first-order chi connectivity index (χ1) is 12.4. The molecule has 26 heavy (non-hydrogen) atoms. The van der Waals surface area contributed by atoms with Crippen molar-refractivity contribution in [3.05, 3.63) is 52.8 Å². The van der Waals surface area contributed by atoms with Gasteiger partial charge in [0.2, 0.25) is 10.0 Å². The van der Waals surface area contributed by atoms with Crippen molar-refractivity contribution in [1.82, 2.24) is 4.31 Å². The number of nitrogens with zero attached hydrogens (tertiary/aromatic N) is 1. The van der Waals surface area contributed by atoms with Crippen LogP contribution in [-0.4, -0.2) is 33.5 Å². The number of ether oxygens (including phenoxy) is 2. The van der Waals surface area contributed by atoms with Crippen LogP contribution in [0.15, 0.2) is 41.3 Å². The molecule has 0 radical (unpaired) electrons. The summed E-state index contributed by atoms with van der Waals surface area (Å²) in [6.45, 7) is 0.301. The first-order valence-electron chi connectivity index (χ1n) is 8.07. The number of rotatable bonds is 5. The highest BCUT2D eigenvalue weighted by molar-refractivity contribution is 7.89. The molecule has 1 aliphatic rings. The van der Waals surface area contributed by atoms with Gasteiger partial charge in [0.25, 0.3) is 0 Å². The van der Waals surface area contributed by atoms with Crippen LogP contribution in [0.2, 0.25) is 5.02 Å². The lowest BCUT2D eigenvalue weighted by Crippen LogP contribution is -2.31. The molecule has 2 aromatic rings. The van der Waals surface area contributed by atoms with Gasteiger partial charge in [-0.25, -0.2) is 12.8 Å². The number of sulfonamides is 1. The van der Waals surface area contributed by atoms with E-state index in [0.717, 1.165) is 6.07 Å². The highest BCUT2D eigenvalue weighted by Gasteiger charge is 2.39. The van der Waals surface area contributed by atoms with Gasteiger partial charge in [0.1, 0.15) is 22.2 Å². The summed E-state index contributed by atoms with van der Waals surface area (Å²) in [6.07, 6.45) is 1.28. The molecule has 5 nitrogen and oxygen atoms in total. The largest absolute Gasteiger partial charge is 0.497 e. The lowest BCUT2D eigenvalue weighted by Gasteiger charge is -2.26. The molecule has 0 spiro atoms. The normalized spacial score (nSPS) is 18.1. The van der Waals surface area contributed by atoms with Crippen molar-refractivity contribution in [1.29, 1.82) is 0 Å². The van der Waals surface area contributed by atoms with Crippen molar-refractivity contribution in [2.45, 2.75) is 23.8 Å². The maximum atomic E-state index is 14.3. The van der Waals surface area contributed by atoms with Gasteiger partial charge in [-0.05, 0) is 49.2 Å². The molecule has 0 amide bonds. The van der Waals surface area contributed by atoms with Crippen molar-refractivity contribution in [3.63, 3.8) is 0 Å². The van der Waals surface area contributed by atoms with Gasteiger partial charge in [0.05, 0.1) is 20.3 Å². The summed E-state index contributed by atoms with van der Waals surface area (Å²) in [6, 6.07) is 8.36. The minimum Gasteiger partial charge on any atom is -0.497 e. The van der Waals surface area contributed by atoms with E-state index in [-0.39, 0.29) is 9.92 Å². The van der Waals surface area contributed by atoms with E-state index in [2.05, 4.69) is 0 Å². The fourth-order valence-electron chi connectivity index (χ4n) is 3.25. The quantitative estimate of drug-likeness (QED) is 0.761. The predicted molar refractivity (Wildman–Crippen MR) is 96.8 cm³/mol. The second-order valence-electron chi connectivity index (χ2n) is 5.96. The Labute approximate surface area is 157 Å². The molecular weight excluding hydrogens is 381 g/mol. The molecule has 1 saturated heterocycles. The number of methoxy groups -OCH3 is 2. The lowest BCUT2D eigenvalue weighted by atomic mass is 10.0. The van der Waals surface area contributed by atoms with Crippen molar-refractivity contribution in [2.24, 2.45) is 0 Å². The van der Waals surface area contributed by atoms with Crippen molar-refractivity contribution in [2.75, 3.05) is 20.8 Å². The zero-order valence-electron chi connectivity index (χ0n) is 14.4. The van der Waals surface area contributed by atoms with E-state index >= 15 is 0 Å². The van der Waals surface area contributed by atoms with Crippen molar-refractivity contribution < 1.29 is 22.3 Å². The van der Waals surface area contributed by atoms with Crippen molar-refractivity contribution in [3.8, 4) is 11.5 Å². The summed E-state index contributed by atoms with van der Waals surface area (Å²) >= 11 is 5.75. The average Bonchev–Trinajstić information content (AvgIpc) is 3.11. The molecule has 0 aliphatic carbocycles. The molecule has 3 rings (SSSR count). The van der Waals surface area contributed by atoms with E-state index in [0.29, 0.717) is 36.4 Å². The average molecular weight is 400 g/mol. The zero-order chi connectivity index (χ0) is 18.9. The van der Waals surface area contributed by atoms with Crippen LogP contribution in [0.5, 0.6) is 11.5 Å². The summed E-state index contributed by atoms with van der Waals surface area (Å²) in [4.78, 5) is -0.379. The second-order valence-corrected chi connectivity index (χ2v) is 8.25. The van der Waals surface area contributed by atoms with Gasteiger partial charge in [-0.15, -0.1) is 0 Å². The lowest BCUT2D eigenvalue weighted by molar-refractivity contribution is 0.360. The van der Waals surface area contributed by atoms with Gasteiger partial charge >= 0.3 is 0 Å². The van der Waals surface area contributed by atoms with Gasteiger partial charge in [-0.3, -0.25) is 0 Å². The number of hydrogen-bond acceptors (Lipinski definition) is 4. The van der Waals surface area contributed by atoms with Crippen LogP contribution >= 0.6 is 11.6 Å². The first-order valence-corrected chi connectivity index (χ1v) is 9.89. The molecule has 2 aromatic carbocycles. The summed E-state index contributed by atoms with van der Waals surface area (Å²) in [7, 11) is -0.959.